The van der Waals surface area contributed by atoms with Gasteiger partial charge in [-0.1, -0.05) is 29.8 Å². The second kappa shape index (κ2) is 7.66. The van der Waals surface area contributed by atoms with E-state index in [1.165, 1.54) is 19.1 Å². The molecule has 0 aliphatic carbocycles. The first-order valence-corrected chi connectivity index (χ1v) is 8.49. The van der Waals surface area contributed by atoms with Gasteiger partial charge < -0.3 is 19.7 Å². The van der Waals surface area contributed by atoms with Crippen molar-refractivity contribution in [2.24, 2.45) is 5.92 Å². The normalized spacial score (nSPS) is 16.5. The van der Waals surface area contributed by atoms with E-state index in [1.54, 1.807) is 24.3 Å². The standard InChI is InChI=1S/C19H19ClN2O4/c1-25-16-10-15(17(26-2)9-14(16)20)22-11-12(8-18(22)23)19(24)21-13-6-4-3-5-7-13/h3-7,9-10,12H,8,11H2,1-2H3,(H,21,24). The van der Waals surface area contributed by atoms with Crippen molar-refractivity contribution in [2.75, 3.05) is 31.0 Å². The molecule has 1 heterocycles. The van der Waals surface area contributed by atoms with Gasteiger partial charge in [-0.25, -0.2) is 0 Å². The molecule has 3 rings (SSSR count). The zero-order chi connectivity index (χ0) is 18.7. The van der Waals surface area contributed by atoms with Crippen LogP contribution in [0, 0.1) is 5.92 Å². The number of carbonyl (C=O) groups is 2. The number of rotatable bonds is 5. The summed E-state index contributed by atoms with van der Waals surface area (Å²) in [5.41, 5.74) is 1.24. The van der Waals surface area contributed by atoms with Crippen LogP contribution >= 0.6 is 11.6 Å². The van der Waals surface area contributed by atoms with Crippen LogP contribution in [0.4, 0.5) is 11.4 Å². The van der Waals surface area contributed by atoms with Gasteiger partial charge in [0.05, 0.1) is 30.8 Å². The van der Waals surface area contributed by atoms with Crippen molar-refractivity contribution in [3.05, 3.63) is 47.5 Å². The molecule has 1 N–H and O–H groups in total. The Labute approximate surface area is 156 Å². The van der Waals surface area contributed by atoms with Crippen molar-refractivity contribution in [3.63, 3.8) is 0 Å². The molecule has 2 amide bonds. The highest BCUT2D eigenvalue weighted by Gasteiger charge is 2.36. The summed E-state index contributed by atoms with van der Waals surface area (Å²) in [7, 11) is 3.00. The molecule has 0 radical (unpaired) electrons. The molecular weight excluding hydrogens is 356 g/mol. The Kier molecular flexibility index (Phi) is 5.32. The number of methoxy groups -OCH3 is 2. The van der Waals surface area contributed by atoms with Gasteiger partial charge in [0.2, 0.25) is 11.8 Å². The lowest BCUT2D eigenvalue weighted by Crippen LogP contribution is -2.28. The molecule has 1 aliphatic heterocycles. The number of para-hydroxylation sites is 1. The number of amides is 2. The summed E-state index contributed by atoms with van der Waals surface area (Å²) in [5, 5.41) is 3.23. The van der Waals surface area contributed by atoms with Gasteiger partial charge in [0.25, 0.3) is 0 Å². The minimum absolute atomic E-state index is 0.132. The minimum Gasteiger partial charge on any atom is -0.495 e. The highest BCUT2D eigenvalue weighted by atomic mass is 35.5. The molecule has 2 aromatic carbocycles. The highest BCUT2D eigenvalue weighted by Crippen LogP contribution is 2.40. The lowest BCUT2D eigenvalue weighted by molar-refractivity contribution is -0.122. The number of halogens is 1. The van der Waals surface area contributed by atoms with Crippen LogP contribution in [0.3, 0.4) is 0 Å². The summed E-state index contributed by atoms with van der Waals surface area (Å²) in [5.74, 6) is 0.0997. The van der Waals surface area contributed by atoms with Crippen LogP contribution in [0.15, 0.2) is 42.5 Å². The molecule has 6 nitrogen and oxygen atoms in total. The van der Waals surface area contributed by atoms with Gasteiger partial charge in [0.1, 0.15) is 11.5 Å². The van der Waals surface area contributed by atoms with E-state index >= 15 is 0 Å². The predicted octanol–water partition coefficient (Wildman–Crippen LogP) is 3.35. The summed E-state index contributed by atoms with van der Waals surface area (Å²) >= 11 is 6.12. The fraction of sp³-hybridized carbons (Fsp3) is 0.263. The maximum Gasteiger partial charge on any atom is 0.229 e. The number of hydrogen-bond acceptors (Lipinski definition) is 4. The number of ether oxygens (including phenoxy) is 2. The first-order chi connectivity index (χ1) is 12.5. The van der Waals surface area contributed by atoms with E-state index < -0.39 is 5.92 Å². The van der Waals surface area contributed by atoms with Crippen molar-refractivity contribution < 1.29 is 19.1 Å². The molecule has 2 aromatic rings. The molecule has 1 saturated heterocycles. The summed E-state index contributed by atoms with van der Waals surface area (Å²) in [6.07, 6.45) is 0.132. The maximum atomic E-state index is 12.5. The van der Waals surface area contributed by atoms with Gasteiger partial charge in [-0.3, -0.25) is 9.59 Å². The summed E-state index contributed by atoms with van der Waals surface area (Å²) in [4.78, 5) is 26.5. The van der Waals surface area contributed by atoms with Crippen molar-refractivity contribution in [1.82, 2.24) is 0 Å². The van der Waals surface area contributed by atoms with E-state index in [0.717, 1.165) is 0 Å². The Morgan fingerprint density at radius 3 is 2.50 bits per heavy atom. The second-order valence-electron chi connectivity index (χ2n) is 5.92. The number of carbonyl (C=O) groups excluding carboxylic acids is 2. The first kappa shape index (κ1) is 18.1. The monoisotopic (exact) mass is 374 g/mol. The van der Waals surface area contributed by atoms with Crippen molar-refractivity contribution in [2.45, 2.75) is 6.42 Å². The molecule has 7 heteroatoms. The van der Waals surface area contributed by atoms with Gasteiger partial charge >= 0.3 is 0 Å². The van der Waals surface area contributed by atoms with Crippen molar-refractivity contribution in [3.8, 4) is 11.5 Å². The summed E-state index contributed by atoms with van der Waals surface area (Å²) in [6.45, 7) is 0.263. The number of hydrogen-bond donors (Lipinski definition) is 1. The summed E-state index contributed by atoms with van der Waals surface area (Å²) in [6, 6.07) is 12.4. The second-order valence-corrected chi connectivity index (χ2v) is 6.33. The Morgan fingerprint density at radius 1 is 1.15 bits per heavy atom. The molecular formula is C19H19ClN2O4. The lowest BCUT2D eigenvalue weighted by Gasteiger charge is -2.21. The zero-order valence-corrected chi connectivity index (χ0v) is 15.2. The van der Waals surface area contributed by atoms with E-state index in [-0.39, 0.29) is 24.8 Å². The third-order valence-corrected chi connectivity index (χ3v) is 4.58. The van der Waals surface area contributed by atoms with Gasteiger partial charge in [-0.15, -0.1) is 0 Å². The van der Waals surface area contributed by atoms with Crippen LogP contribution in [-0.2, 0) is 9.59 Å². The molecule has 0 spiro atoms. The maximum absolute atomic E-state index is 12.5. The van der Waals surface area contributed by atoms with Gasteiger partial charge in [0.15, 0.2) is 0 Å². The Balaban J connectivity index is 1.81. The minimum atomic E-state index is -0.450. The van der Waals surface area contributed by atoms with E-state index in [4.69, 9.17) is 21.1 Å². The molecule has 1 aliphatic rings. The number of anilines is 2. The summed E-state index contributed by atoms with van der Waals surface area (Å²) < 4.78 is 10.6. The Hall–Kier alpha value is -2.73. The van der Waals surface area contributed by atoms with Crippen LogP contribution in [0.1, 0.15) is 6.42 Å². The van der Waals surface area contributed by atoms with E-state index in [1.807, 2.05) is 18.2 Å². The first-order valence-electron chi connectivity index (χ1n) is 8.11. The quantitative estimate of drug-likeness (QED) is 0.871. The number of nitrogens with one attached hydrogen (secondary N) is 1. The average Bonchev–Trinajstić information content (AvgIpc) is 3.04. The van der Waals surface area contributed by atoms with Crippen LogP contribution < -0.4 is 19.7 Å². The molecule has 1 atom stereocenters. The van der Waals surface area contributed by atoms with E-state index in [2.05, 4.69) is 5.32 Å². The van der Waals surface area contributed by atoms with Crippen molar-refractivity contribution in [1.29, 1.82) is 0 Å². The number of nitrogens with zero attached hydrogens (tertiary/aromatic N) is 1. The molecule has 136 valence electrons. The van der Waals surface area contributed by atoms with Gasteiger partial charge in [-0.05, 0) is 12.1 Å². The van der Waals surface area contributed by atoms with Crippen LogP contribution in [0.5, 0.6) is 11.5 Å². The topological polar surface area (TPSA) is 67.9 Å². The molecule has 1 unspecified atom stereocenters. The van der Waals surface area contributed by atoms with Gasteiger partial charge in [-0.2, -0.15) is 0 Å². The van der Waals surface area contributed by atoms with Crippen LogP contribution in [0.25, 0.3) is 0 Å². The third-order valence-electron chi connectivity index (χ3n) is 4.28. The highest BCUT2D eigenvalue weighted by molar-refractivity contribution is 6.32. The fourth-order valence-corrected chi connectivity index (χ4v) is 3.17. The van der Waals surface area contributed by atoms with Gasteiger partial charge in [0, 0.05) is 30.8 Å². The van der Waals surface area contributed by atoms with E-state index in [0.29, 0.717) is 27.9 Å². The van der Waals surface area contributed by atoms with Crippen LogP contribution in [0.2, 0.25) is 5.02 Å². The van der Waals surface area contributed by atoms with Crippen LogP contribution in [-0.4, -0.2) is 32.6 Å². The molecule has 26 heavy (non-hydrogen) atoms. The molecule has 1 fully saturated rings. The smallest absolute Gasteiger partial charge is 0.229 e. The molecule has 0 aromatic heterocycles. The molecule has 0 saturated carbocycles. The fourth-order valence-electron chi connectivity index (χ4n) is 2.94. The van der Waals surface area contributed by atoms with Crippen molar-refractivity contribution >= 4 is 34.8 Å². The lowest BCUT2D eigenvalue weighted by atomic mass is 10.1. The predicted molar refractivity (Wildman–Crippen MR) is 100 cm³/mol. The SMILES string of the molecule is COc1cc(N2CC(C(=O)Nc3ccccc3)CC2=O)c(OC)cc1Cl. The average molecular weight is 375 g/mol. The Bertz CT molecular complexity index is 826. The Morgan fingerprint density at radius 2 is 1.85 bits per heavy atom. The zero-order valence-electron chi connectivity index (χ0n) is 14.5. The largest absolute Gasteiger partial charge is 0.495 e. The third kappa shape index (κ3) is 3.60. The molecule has 0 bridgehead atoms. The number of benzene rings is 2. The van der Waals surface area contributed by atoms with E-state index in [9.17, 15) is 9.59 Å².